The Morgan fingerprint density at radius 1 is 1.46 bits per heavy atom. The zero-order valence-electron chi connectivity index (χ0n) is 18.3. The van der Waals surface area contributed by atoms with Crippen LogP contribution >= 0.6 is 23.3 Å². The van der Waals surface area contributed by atoms with Gasteiger partial charge in [0.25, 0.3) is 11.8 Å². The van der Waals surface area contributed by atoms with Crippen LogP contribution in [0.25, 0.3) is 0 Å². The standard InChI is InChI=1S/C20H20N8O5S2/c1-33-25-12(15-24-20(22)35-26-15)16(29)23-13-17(30)28-14(19(31)32)10(9-34-18(13)28)4-2-6-27-7-3-5-11(21)8-27/h2-5,7-8,13,18H,6,9,21H2,1H3,(H3-,22,23,24,26,29,31,32)/b4-2+,25-12-/t13?,18-/m1/s1. The summed E-state index contributed by atoms with van der Waals surface area (Å²) in [4.78, 5) is 47.3. The van der Waals surface area contributed by atoms with E-state index in [1.54, 1.807) is 30.5 Å². The number of thioether (sulfide) groups is 1. The van der Waals surface area contributed by atoms with E-state index in [2.05, 4.69) is 19.8 Å². The molecule has 0 aliphatic carbocycles. The van der Waals surface area contributed by atoms with E-state index in [1.807, 2.05) is 10.8 Å². The van der Waals surface area contributed by atoms with E-state index < -0.39 is 29.2 Å². The Kier molecular flexibility index (Phi) is 6.97. The number of hydrogen-bond acceptors (Lipinski definition) is 12. The lowest BCUT2D eigenvalue weighted by atomic mass is 10.0. The molecule has 4 heterocycles. The van der Waals surface area contributed by atoms with Crippen molar-refractivity contribution >= 4 is 57.6 Å². The minimum Gasteiger partial charge on any atom is -0.543 e. The zero-order valence-corrected chi connectivity index (χ0v) is 19.9. The van der Waals surface area contributed by atoms with Crippen molar-refractivity contribution < 1.29 is 28.9 Å². The van der Waals surface area contributed by atoms with Crippen LogP contribution in [0.2, 0.25) is 0 Å². The summed E-state index contributed by atoms with van der Waals surface area (Å²) in [6.07, 6.45) is 6.98. The number of carbonyl (C=O) groups is 3. The molecule has 0 aromatic carbocycles. The number of aliphatic carboxylic acids is 1. The predicted octanol–water partition coefficient (Wildman–Crippen LogP) is -2.00. The third-order valence-corrected chi connectivity index (χ3v) is 6.89. The van der Waals surface area contributed by atoms with Crippen molar-refractivity contribution in [2.45, 2.75) is 18.0 Å². The number of fused-ring (bicyclic) bond motifs is 1. The first-order valence-corrected chi connectivity index (χ1v) is 11.9. The molecule has 0 spiro atoms. The maximum atomic E-state index is 12.9. The Bertz CT molecular complexity index is 1270. The van der Waals surface area contributed by atoms with Gasteiger partial charge in [0, 0.05) is 23.4 Å². The fraction of sp³-hybridized carbons (Fsp3) is 0.250. The van der Waals surface area contributed by atoms with Gasteiger partial charge in [0.2, 0.25) is 11.5 Å². The zero-order chi connectivity index (χ0) is 25.1. The first-order valence-electron chi connectivity index (χ1n) is 10.1. The number of oxime groups is 1. The average molecular weight is 517 g/mol. The molecule has 0 saturated carbocycles. The summed E-state index contributed by atoms with van der Waals surface area (Å²) in [5, 5.41) is 17.6. The summed E-state index contributed by atoms with van der Waals surface area (Å²) < 4.78 is 5.76. The van der Waals surface area contributed by atoms with E-state index >= 15 is 0 Å². The van der Waals surface area contributed by atoms with Crippen molar-refractivity contribution in [3.63, 3.8) is 0 Å². The number of carboxylic acid groups (broad SMARTS) is 1. The highest BCUT2D eigenvalue weighted by atomic mass is 32.2. The number of rotatable bonds is 8. The van der Waals surface area contributed by atoms with Crippen molar-refractivity contribution in [2.75, 3.05) is 24.3 Å². The number of carbonyl (C=O) groups excluding carboxylic acids is 3. The topological polar surface area (TPSA) is 193 Å². The number of nitrogens with zero attached hydrogens (tertiary/aromatic N) is 5. The van der Waals surface area contributed by atoms with Gasteiger partial charge in [0.05, 0.1) is 17.4 Å². The second-order valence-electron chi connectivity index (χ2n) is 7.34. The Hall–Kier alpha value is -3.98. The molecule has 1 unspecified atom stereocenters. The van der Waals surface area contributed by atoms with Crippen LogP contribution in [0.1, 0.15) is 5.82 Å². The third-order valence-electron chi connectivity index (χ3n) is 5.05. The predicted molar refractivity (Wildman–Crippen MR) is 125 cm³/mol. The summed E-state index contributed by atoms with van der Waals surface area (Å²) in [7, 11) is 1.24. The largest absolute Gasteiger partial charge is 0.543 e. The second-order valence-corrected chi connectivity index (χ2v) is 9.23. The lowest BCUT2D eigenvalue weighted by Crippen LogP contribution is -2.71. The van der Waals surface area contributed by atoms with Crippen molar-refractivity contribution in [1.29, 1.82) is 0 Å². The molecule has 0 radical (unpaired) electrons. The monoisotopic (exact) mass is 516 g/mol. The summed E-state index contributed by atoms with van der Waals surface area (Å²) >= 11 is 2.18. The molecule has 182 valence electrons. The summed E-state index contributed by atoms with van der Waals surface area (Å²) in [5.74, 6) is -2.58. The number of carboxylic acids is 1. The molecule has 1 saturated heterocycles. The van der Waals surface area contributed by atoms with Crippen LogP contribution in [-0.4, -0.2) is 62.0 Å². The first kappa shape index (κ1) is 24.2. The Balaban J connectivity index is 1.49. The minimum atomic E-state index is -1.48. The summed E-state index contributed by atoms with van der Waals surface area (Å²) in [6, 6.07) is 2.58. The van der Waals surface area contributed by atoms with Gasteiger partial charge in [-0.15, -0.1) is 11.8 Å². The number of allylic oxidation sites excluding steroid dienone is 2. The van der Waals surface area contributed by atoms with Crippen LogP contribution in [0, 0.1) is 0 Å². The molecule has 1 fully saturated rings. The fourth-order valence-corrected chi connectivity index (χ4v) is 5.30. The van der Waals surface area contributed by atoms with Crippen molar-refractivity contribution in [3.05, 3.63) is 53.8 Å². The molecule has 2 amide bonds. The summed E-state index contributed by atoms with van der Waals surface area (Å²) in [5.41, 5.74) is 11.9. The quantitative estimate of drug-likeness (QED) is 0.153. The highest BCUT2D eigenvalue weighted by Gasteiger charge is 2.53. The van der Waals surface area contributed by atoms with Crippen LogP contribution < -0.4 is 26.5 Å². The van der Waals surface area contributed by atoms with Gasteiger partial charge in [-0.25, -0.2) is 0 Å². The first-order chi connectivity index (χ1) is 16.8. The van der Waals surface area contributed by atoms with Gasteiger partial charge in [-0.3, -0.25) is 14.5 Å². The van der Waals surface area contributed by atoms with Crippen molar-refractivity contribution in [3.8, 4) is 0 Å². The van der Waals surface area contributed by atoms with E-state index in [-0.39, 0.29) is 22.4 Å². The maximum Gasteiger partial charge on any atom is 0.278 e. The van der Waals surface area contributed by atoms with Gasteiger partial charge in [0.1, 0.15) is 18.5 Å². The van der Waals surface area contributed by atoms with E-state index in [1.165, 1.54) is 18.9 Å². The number of nitrogens with one attached hydrogen (secondary N) is 1. The van der Waals surface area contributed by atoms with Gasteiger partial charge in [-0.05, 0) is 17.7 Å². The van der Waals surface area contributed by atoms with E-state index in [4.69, 9.17) is 16.3 Å². The number of β-lactam (4-membered cyclic amide) rings is 1. The molecule has 35 heavy (non-hydrogen) atoms. The molecule has 0 bridgehead atoms. The van der Waals surface area contributed by atoms with Crippen LogP contribution in [-0.2, 0) is 25.8 Å². The molecule has 15 heteroatoms. The van der Waals surface area contributed by atoms with Gasteiger partial charge in [0.15, 0.2) is 24.1 Å². The van der Waals surface area contributed by atoms with E-state index in [0.717, 1.165) is 16.4 Å². The number of anilines is 2. The molecule has 2 aliphatic rings. The SMILES string of the molecule is CO/N=C(\C(=O)NC1C(=O)N2C(C(=O)[O-])=C(/C=C/C[n+]3cccc(N)c3)CS[C@H]12)c1nsc(N)n1. The molecule has 13 nitrogen and oxygen atoms in total. The lowest BCUT2D eigenvalue weighted by Gasteiger charge is -2.50. The molecule has 5 N–H and O–H groups in total. The molecule has 2 aromatic heterocycles. The van der Waals surface area contributed by atoms with Crippen molar-refractivity contribution in [2.24, 2.45) is 5.16 Å². The number of aromatic nitrogens is 3. The summed E-state index contributed by atoms with van der Waals surface area (Å²) in [6.45, 7) is 0.451. The Morgan fingerprint density at radius 3 is 2.91 bits per heavy atom. The van der Waals surface area contributed by atoms with Gasteiger partial charge in [-0.1, -0.05) is 11.2 Å². The van der Waals surface area contributed by atoms with Crippen LogP contribution in [0.3, 0.4) is 0 Å². The Labute approximate surface area is 207 Å². The van der Waals surface area contributed by atoms with E-state index in [9.17, 15) is 19.5 Å². The molecular formula is C20H20N8O5S2. The normalized spacial score (nSPS) is 20.0. The third kappa shape index (κ3) is 4.95. The number of amides is 2. The number of nitrogen functional groups attached to an aromatic ring is 2. The maximum absolute atomic E-state index is 12.9. The average Bonchev–Trinajstić information content (AvgIpc) is 3.26. The number of nitrogens with two attached hydrogens (primary N) is 2. The van der Waals surface area contributed by atoms with Crippen LogP contribution in [0.5, 0.6) is 0 Å². The lowest BCUT2D eigenvalue weighted by molar-refractivity contribution is -0.686. The molecule has 2 atom stereocenters. The second kappa shape index (κ2) is 10.1. The smallest absolute Gasteiger partial charge is 0.278 e. The van der Waals surface area contributed by atoms with Gasteiger partial charge in [-0.2, -0.15) is 13.9 Å². The molecule has 2 aromatic rings. The van der Waals surface area contributed by atoms with Crippen LogP contribution in [0.15, 0.2) is 53.1 Å². The van der Waals surface area contributed by atoms with Gasteiger partial charge < -0.3 is 31.5 Å². The minimum absolute atomic E-state index is 0.0486. The number of pyridine rings is 1. The molecule has 4 rings (SSSR count). The number of hydrogen-bond donors (Lipinski definition) is 3. The van der Waals surface area contributed by atoms with Gasteiger partial charge >= 0.3 is 0 Å². The van der Waals surface area contributed by atoms with Crippen LogP contribution in [0.4, 0.5) is 10.8 Å². The fourth-order valence-electron chi connectivity index (χ4n) is 3.55. The highest BCUT2D eigenvalue weighted by Crippen LogP contribution is 2.40. The molecular weight excluding hydrogens is 496 g/mol. The van der Waals surface area contributed by atoms with E-state index in [0.29, 0.717) is 23.6 Å². The molecule has 2 aliphatic heterocycles. The highest BCUT2D eigenvalue weighted by molar-refractivity contribution is 8.00. The Morgan fingerprint density at radius 2 is 2.26 bits per heavy atom. The van der Waals surface area contributed by atoms with Crippen molar-refractivity contribution in [1.82, 2.24) is 19.6 Å².